The van der Waals surface area contributed by atoms with Crippen molar-refractivity contribution in [2.45, 2.75) is 6.92 Å². The topological polar surface area (TPSA) is 47.0 Å². The molecule has 3 rings (SSSR count). The Labute approximate surface area is 129 Å². The third-order valence-electron chi connectivity index (χ3n) is 3.38. The maximum absolute atomic E-state index is 5.16. The van der Waals surface area contributed by atoms with Crippen molar-refractivity contribution in [2.75, 3.05) is 12.4 Å². The minimum Gasteiger partial charge on any atom is -0.497 e. The Morgan fingerprint density at radius 2 is 1.45 bits per heavy atom. The lowest BCUT2D eigenvalue weighted by Crippen LogP contribution is -1.96. The zero-order chi connectivity index (χ0) is 15.4. The summed E-state index contributed by atoms with van der Waals surface area (Å²) in [5, 5.41) is 3.19. The van der Waals surface area contributed by atoms with Gasteiger partial charge in [-0.3, -0.25) is 0 Å². The second kappa shape index (κ2) is 6.26. The number of hydrogen-bond acceptors (Lipinski definition) is 4. The van der Waals surface area contributed by atoms with Gasteiger partial charge in [0, 0.05) is 23.6 Å². The molecule has 0 aliphatic rings. The maximum Gasteiger partial charge on any atom is 0.227 e. The van der Waals surface area contributed by atoms with Crippen LogP contribution in [0.1, 0.15) is 5.56 Å². The van der Waals surface area contributed by atoms with Gasteiger partial charge in [0.1, 0.15) is 5.75 Å². The Morgan fingerprint density at radius 3 is 2.05 bits per heavy atom. The van der Waals surface area contributed by atoms with E-state index in [2.05, 4.69) is 22.2 Å². The van der Waals surface area contributed by atoms with E-state index in [1.54, 1.807) is 7.11 Å². The van der Waals surface area contributed by atoms with Crippen molar-refractivity contribution in [3.8, 4) is 16.9 Å². The zero-order valence-corrected chi connectivity index (χ0v) is 12.6. The third-order valence-corrected chi connectivity index (χ3v) is 3.38. The fraction of sp³-hybridized carbons (Fsp3) is 0.111. The van der Waals surface area contributed by atoms with E-state index in [9.17, 15) is 0 Å². The minimum absolute atomic E-state index is 0.584. The first-order valence-electron chi connectivity index (χ1n) is 7.05. The quantitative estimate of drug-likeness (QED) is 0.782. The highest BCUT2D eigenvalue weighted by Gasteiger charge is 2.02. The van der Waals surface area contributed by atoms with Gasteiger partial charge in [0.15, 0.2) is 0 Å². The van der Waals surface area contributed by atoms with Gasteiger partial charge in [-0.2, -0.15) is 0 Å². The number of ether oxygens (including phenoxy) is 1. The first-order valence-corrected chi connectivity index (χ1v) is 7.05. The molecule has 1 aromatic heterocycles. The van der Waals surface area contributed by atoms with Crippen molar-refractivity contribution in [1.29, 1.82) is 0 Å². The molecule has 0 bridgehead atoms. The number of hydrogen-bond donors (Lipinski definition) is 1. The van der Waals surface area contributed by atoms with E-state index < -0.39 is 0 Å². The lowest BCUT2D eigenvalue weighted by Gasteiger charge is -2.06. The highest BCUT2D eigenvalue weighted by Crippen LogP contribution is 2.22. The molecule has 0 saturated heterocycles. The fourth-order valence-electron chi connectivity index (χ4n) is 2.09. The van der Waals surface area contributed by atoms with Crippen LogP contribution in [0.5, 0.6) is 5.75 Å². The SMILES string of the molecule is COc1ccc(-c2cnc(Nc3ccc(C)cc3)nc2)cc1. The number of aromatic nitrogens is 2. The standard InChI is InChI=1S/C18H17N3O/c1-13-3-7-16(8-4-13)21-18-19-11-15(12-20-18)14-5-9-17(22-2)10-6-14/h3-12H,1-2H3,(H,19,20,21). The molecular weight excluding hydrogens is 274 g/mol. The molecule has 4 heteroatoms. The normalized spacial score (nSPS) is 10.3. The van der Waals surface area contributed by atoms with E-state index >= 15 is 0 Å². The van der Waals surface area contributed by atoms with Crippen molar-refractivity contribution in [3.63, 3.8) is 0 Å². The van der Waals surface area contributed by atoms with Gasteiger partial charge in [-0.1, -0.05) is 29.8 Å². The summed E-state index contributed by atoms with van der Waals surface area (Å²) in [4.78, 5) is 8.72. The highest BCUT2D eigenvalue weighted by molar-refractivity contribution is 5.63. The summed E-state index contributed by atoms with van der Waals surface area (Å²) in [5.41, 5.74) is 4.23. The molecule has 22 heavy (non-hydrogen) atoms. The van der Waals surface area contributed by atoms with Gasteiger partial charge in [-0.25, -0.2) is 9.97 Å². The van der Waals surface area contributed by atoms with Crippen LogP contribution < -0.4 is 10.1 Å². The van der Waals surface area contributed by atoms with Crippen molar-refractivity contribution in [2.24, 2.45) is 0 Å². The molecule has 0 amide bonds. The third kappa shape index (κ3) is 3.23. The van der Waals surface area contributed by atoms with Crippen LogP contribution in [0.4, 0.5) is 11.6 Å². The lowest BCUT2D eigenvalue weighted by atomic mass is 10.1. The molecule has 0 unspecified atom stereocenters. The van der Waals surface area contributed by atoms with Crippen molar-refractivity contribution >= 4 is 11.6 Å². The van der Waals surface area contributed by atoms with E-state index in [0.29, 0.717) is 5.95 Å². The summed E-state index contributed by atoms with van der Waals surface area (Å²) in [6.07, 6.45) is 3.62. The largest absolute Gasteiger partial charge is 0.497 e. The summed E-state index contributed by atoms with van der Waals surface area (Å²) in [6.45, 7) is 2.06. The molecular formula is C18H17N3O. The van der Waals surface area contributed by atoms with Crippen LogP contribution in [-0.2, 0) is 0 Å². The summed E-state index contributed by atoms with van der Waals surface area (Å²) in [5.74, 6) is 1.42. The van der Waals surface area contributed by atoms with Gasteiger partial charge in [-0.05, 0) is 36.8 Å². The number of benzene rings is 2. The van der Waals surface area contributed by atoms with Crippen LogP contribution in [0, 0.1) is 6.92 Å². The number of rotatable bonds is 4. The molecule has 0 atom stereocenters. The number of nitrogens with zero attached hydrogens (tertiary/aromatic N) is 2. The predicted molar refractivity (Wildman–Crippen MR) is 88.5 cm³/mol. The highest BCUT2D eigenvalue weighted by atomic mass is 16.5. The maximum atomic E-state index is 5.16. The minimum atomic E-state index is 0.584. The monoisotopic (exact) mass is 291 g/mol. The Morgan fingerprint density at radius 1 is 0.818 bits per heavy atom. The first kappa shape index (κ1) is 14.1. The van der Waals surface area contributed by atoms with Crippen LogP contribution in [0.2, 0.25) is 0 Å². The smallest absolute Gasteiger partial charge is 0.227 e. The molecule has 110 valence electrons. The molecule has 0 saturated carbocycles. The van der Waals surface area contributed by atoms with Gasteiger partial charge in [-0.15, -0.1) is 0 Å². The van der Waals surface area contributed by atoms with Gasteiger partial charge in [0.2, 0.25) is 5.95 Å². The average molecular weight is 291 g/mol. The lowest BCUT2D eigenvalue weighted by molar-refractivity contribution is 0.415. The molecule has 1 N–H and O–H groups in total. The van der Waals surface area contributed by atoms with Gasteiger partial charge in [0.25, 0.3) is 0 Å². The first-order chi connectivity index (χ1) is 10.7. The average Bonchev–Trinajstić information content (AvgIpc) is 2.58. The molecule has 0 aliphatic carbocycles. The van der Waals surface area contributed by atoms with Crippen LogP contribution in [0.15, 0.2) is 60.9 Å². The zero-order valence-electron chi connectivity index (χ0n) is 12.6. The van der Waals surface area contributed by atoms with Crippen LogP contribution >= 0.6 is 0 Å². The van der Waals surface area contributed by atoms with Crippen molar-refractivity contribution in [3.05, 3.63) is 66.5 Å². The van der Waals surface area contributed by atoms with Crippen LogP contribution in [0.3, 0.4) is 0 Å². The molecule has 2 aromatic carbocycles. The summed E-state index contributed by atoms with van der Waals surface area (Å²) in [7, 11) is 1.66. The molecule has 4 nitrogen and oxygen atoms in total. The summed E-state index contributed by atoms with van der Waals surface area (Å²) < 4.78 is 5.16. The van der Waals surface area contributed by atoms with Crippen LogP contribution in [0.25, 0.3) is 11.1 Å². The predicted octanol–water partition coefficient (Wildman–Crippen LogP) is 4.20. The van der Waals surface area contributed by atoms with Gasteiger partial charge < -0.3 is 10.1 Å². The molecule has 3 aromatic rings. The van der Waals surface area contributed by atoms with E-state index in [1.165, 1.54) is 5.56 Å². The molecule has 0 spiro atoms. The Kier molecular flexibility index (Phi) is 4.01. The Hall–Kier alpha value is -2.88. The Bertz CT molecular complexity index is 735. The van der Waals surface area contributed by atoms with E-state index in [1.807, 2.05) is 60.9 Å². The summed E-state index contributed by atoms with van der Waals surface area (Å²) >= 11 is 0. The second-order valence-corrected chi connectivity index (χ2v) is 5.01. The number of methoxy groups -OCH3 is 1. The molecule has 0 aliphatic heterocycles. The van der Waals surface area contributed by atoms with Crippen LogP contribution in [-0.4, -0.2) is 17.1 Å². The van der Waals surface area contributed by atoms with Gasteiger partial charge in [0.05, 0.1) is 7.11 Å². The number of nitrogens with one attached hydrogen (secondary N) is 1. The molecule has 1 heterocycles. The molecule has 0 radical (unpaired) electrons. The molecule has 0 fully saturated rings. The number of aryl methyl sites for hydroxylation is 1. The van der Waals surface area contributed by atoms with Crippen molar-refractivity contribution < 1.29 is 4.74 Å². The Balaban J connectivity index is 1.75. The van der Waals surface area contributed by atoms with E-state index in [0.717, 1.165) is 22.6 Å². The van der Waals surface area contributed by atoms with Crippen molar-refractivity contribution in [1.82, 2.24) is 9.97 Å². The number of anilines is 2. The second-order valence-electron chi connectivity index (χ2n) is 5.01. The fourth-order valence-corrected chi connectivity index (χ4v) is 2.09. The van der Waals surface area contributed by atoms with E-state index in [-0.39, 0.29) is 0 Å². The van der Waals surface area contributed by atoms with Gasteiger partial charge >= 0.3 is 0 Å². The summed E-state index contributed by atoms with van der Waals surface area (Å²) in [6, 6.07) is 15.9. The van der Waals surface area contributed by atoms with E-state index in [4.69, 9.17) is 4.74 Å².